The molecule has 0 spiro atoms. The van der Waals surface area contributed by atoms with Crippen LogP contribution in [-0.4, -0.2) is 6.54 Å². The van der Waals surface area contributed by atoms with Crippen LogP contribution in [0.3, 0.4) is 0 Å². The van der Waals surface area contributed by atoms with Crippen LogP contribution in [0.5, 0.6) is 0 Å². The zero-order valence-electron chi connectivity index (χ0n) is 12.9. The Morgan fingerprint density at radius 3 is 2.00 bits per heavy atom. The van der Waals surface area contributed by atoms with Crippen LogP contribution in [0.15, 0.2) is 48.5 Å². The Balaban J connectivity index is 0.00000161. The zero-order chi connectivity index (χ0) is 13.9. The fourth-order valence-electron chi connectivity index (χ4n) is 3.11. The van der Waals surface area contributed by atoms with Crippen LogP contribution >= 0.6 is 12.4 Å². The highest BCUT2D eigenvalue weighted by Gasteiger charge is 2.23. The summed E-state index contributed by atoms with van der Waals surface area (Å²) >= 11 is 0. The highest BCUT2D eigenvalue weighted by molar-refractivity contribution is 5.85. The molecule has 0 bridgehead atoms. The van der Waals surface area contributed by atoms with E-state index in [2.05, 4.69) is 67.3 Å². The average molecular weight is 302 g/mol. The summed E-state index contributed by atoms with van der Waals surface area (Å²) in [6.45, 7) is 5.47. The predicted octanol–water partition coefficient (Wildman–Crippen LogP) is 5.46. The van der Waals surface area contributed by atoms with Crippen molar-refractivity contribution in [3.8, 4) is 0 Å². The number of halogens is 1. The van der Waals surface area contributed by atoms with Gasteiger partial charge in [0.1, 0.15) is 0 Å². The second kappa shape index (κ2) is 7.00. The Hall–Kier alpha value is -1.47. The van der Waals surface area contributed by atoms with E-state index in [0.717, 1.165) is 0 Å². The van der Waals surface area contributed by atoms with Crippen molar-refractivity contribution in [3.63, 3.8) is 0 Å². The van der Waals surface area contributed by atoms with Gasteiger partial charge in [-0.15, -0.1) is 12.4 Å². The molecular weight excluding hydrogens is 278 g/mol. The van der Waals surface area contributed by atoms with Crippen LogP contribution in [0.1, 0.15) is 42.0 Å². The smallest absolute Gasteiger partial charge is 0.0542 e. The van der Waals surface area contributed by atoms with Crippen molar-refractivity contribution in [2.24, 2.45) is 0 Å². The van der Waals surface area contributed by atoms with Gasteiger partial charge in [0, 0.05) is 12.2 Å². The molecule has 112 valence electrons. The fraction of sp³-hybridized carbons (Fsp3) is 0.368. The first-order valence-corrected chi connectivity index (χ1v) is 7.64. The Morgan fingerprint density at radius 2 is 1.38 bits per heavy atom. The Kier molecular flexibility index (Phi) is 5.30. The van der Waals surface area contributed by atoms with Gasteiger partial charge in [0.2, 0.25) is 0 Å². The third-order valence-corrected chi connectivity index (χ3v) is 4.33. The van der Waals surface area contributed by atoms with Gasteiger partial charge in [0.25, 0.3) is 0 Å². The number of benzene rings is 2. The fourth-order valence-corrected chi connectivity index (χ4v) is 3.11. The lowest BCUT2D eigenvalue weighted by Crippen LogP contribution is -2.33. The molecule has 1 unspecified atom stereocenters. The molecular formula is C19H24ClN. The highest BCUT2D eigenvalue weighted by atomic mass is 35.5. The Morgan fingerprint density at radius 1 is 0.810 bits per heavy atom. The molecule has 0 amide bonds. The molecule has 1 saturated heterocycles. The summed E-state index contributed by atoms with van der Waals surface area (Å²) < 4.78 is 0. The van der Waals surface area contributed by atoms with E-state index >= 15 is 0 Å². The minimum atomic E-state index is 0. The van der Waals surface area contributed by atoms with Crippen molar-refractivity contribution in [2.75, 3.05) is 11.4 Å². The van der Waals surface area contributed by atoms with Gasteiger partial charge in [-0.3, -0.25) is 0 Å². The molecule has 1 heterocycles. The van der Waals surface area contributed by atoms with E-state index in [1.807, 2.05) is 0 Å². The lowest BCUT2D eigenvalue weighted by atomic mass is 9.94. The summed E-state index contributed by atoms with van der Waals surface area (Å²) in [4.78, 5) is 2.58. The largest absolute Gasteiger partial charge is 0.364 e. The highest BCUT2D eigenvalue weighted by Crippen LogP contribution is 2.35. The molecule has 1 atom stereocenters. The van der Waals surface area contributed by atoms with Crippen LogP contribution in [0.2, 0.25) is 0 Å². The molecule has 0 aromatic heterocycles. The maximum atomic E-state index is 2.58. The van der Waals surface area contributed by atoms with Crippen molar-refractivity contribution in [1.82, 2.24) is 0 Å². The lowest BCUT2D eigenvalue weighted by Gasteiger charge is -2.38. The summed E-state index contributed by atoms with van der Waals surface area (Å²) in [6.07, 6.45) is 3.90. The van der Waals surface area contributed by atoms with E-state index in [4.69, 9.17) is 0 Å². The Bertz CT molecular complexity index is 506. The molecule has 1 fully saturated rings. The minimum absolute atomic E-state index is 0. The van der Waals surface area contributed by atoms with E-state index in [1.165, 1.54) is 48.2 Å². The molecule has 1 nitrogen and oxygen atoms in total. The zero-order valence-corrected chi connectivity index (χ0v) is 13.7. The van der Waals surface area contributed by atoms with Gasteiger partial charge in [-0.2, -0.15) is 0 Å². The van der Waals surface area contributed by atoms with Gasteiger partial charge in [-0.25, -0.2) is 0 Å². The monoisotopic (exact) mass is 301 g/mol. The molecule has 1 aliphatic rings. The first-order chi connectivity index (χ1) is 9.74. The van der Waals surface area contributed by atoms with E-state index in [9.17, 15) is 0 Å². The van der Waals surface area contributed by atoms with Crippen LogP contribution in [0.25, 0.3) is 0 Å². The van der Waals surface area contributed by atoms with Crippen molar-refractivity contribution in [1.29, 1.82) is 0 Å². The predicted molar refractivity (Wildman–Crippen MR) is 93.5 cm³/mol. The van der Waals surface area contributed by atoms with Gasteiger partial charge in [-0.05, 0) is 50.8 Å². The number of hydrogen-bond donors (Lipinski definition) is 0. The van der Waals surface area contributed by atoms with Crippen molar-refractivity contribution in [2.45, 2.75) is 39.2 Å². The standard InChI is InChI=1S/C19H23N.ClH/c1-15-6-10-17(11-7-15)19-5-3-4-14-20(19)18-12-8-16(2)9-13-18;/h6-13,19H,3-5,14H2,1-2H3;1H. The number of aryl methyl sites for hydroxylation is 2. The first-order valence-electron chi connectivity index (χ1n) is 7.64. The van der Waals surface area contributed by atoms with Gasteiger partial charge >= 0.3 is 0 Å². The summed E-state index contributed by atoms with van der Waals surface area (Å²) in [6, 6.07) is 18.6. The molecule has 3 rings (SSSR count). The third kappa shape index (κ3) is 3.59. The topological polar surface area (TPSA) is 3.24 Å². The van der Waals surface area contributed by atoms with E-state index in [1.54, 1.807) is 0 Å². The van der Waals surface area contributed by atoms with E-state index in [-0.39, 0.29) is 12.4 Å². The van der Waals surface area contributed by atoms with Crippen LogP contribution in [0, 0.1) is 13.8 Å². The molecule has 2 aromatic carbocycles. The first kappa shape index (κ1) is 15.9. The second-order valence-electron chi connectivity index (χ2n) is 5.95. The third-order valence-electron chi connectivity index (χ3n) is 4.33. The normalized spacial score (nSPS) is 18.2. The number of hydrogen-bond acceptors (Lipinski definition) is 1. The maximum Gasteiger partial charge on any atom is 0.0542 e. The summed E-state index contributed by atoms with van der Waals surface area (Å²) in [5.41, 5.74) is 5.49. The molecule has 0 aliphatic carbocycles. The van der Waals surface area contributed by atoms with Gasteiger partial charge in [0.05, 0.1) is 6.04 Å². The minimum Gasteiger partial charge on any atom is -0.364 e. The summed E-state index contributed by atoms with van der Waals surface area (Å²) in [7, 11) is 0. The molecule has 1 aliphatic heterocycles. The SMILES string of the molecule is Cc1ccc(C2CCCCN2c2ccc(C)cc2)cc1.Cl. The van der Waals surface area contributed by atoms with Gasteiger partial charge in [-0.1, -0.05) is 47.5 Å². The van der Waals surface area contributed by atoms with Crippen LogP contribution in [-0.2, 0) is 0 Å². The molecule has 0 N–H and O–H groups in total. The number of rotatable bonds is 2. The van der Waals surface area contributed by atoms with E-state index in [0.29, 0.717) is 6.04 Å². The quantitative estimate of drug-likeness (QED) is 0.712. The lowest BCUT2D eigenvalue weighted by molar-refractivity contribution is 0.473. The van der Waals surface area contributed by atoms with Crippen LogP contribution in [0.4, 0.5) is 5.69 Å². The summed E-state index contributed by atoms with van der Waals surface area (Å²) in [5.74, 6) is 0. The number of piperidine rings is 1. The second-order valence-corrected chi connectivity index (χ2v) is 5.95. The molecule has 0 radical (unpaired) electrons. The average Bonchev–Trinajstić information content (AvgIpc) is 2.49. The summed E-state index contributed by atoms with van der Waals surface area (Å²) in [5, 5.41) is 0. The number of nitrogens with zero attached hydrogens (tertiary/aromatic N) is 1. The molecule has 21 heavy (non-hydrogen) atoms. The Labute approximate surface area is 134 Å². The molecule has 2 aromatic rings. The van der Waals surface area contributed by atoms with Gasteiger partial charge < -0.3 is 4.90 Å². The van der Waals surface area contributed by atoms with E-state index < -0.39 is 0 Å². The van der Waals surface area contributed by atoms with Crippen LogP contribution < -0.4 is 4.90 Å². The number of anilines is 1. The van der Waals surface area contributed by atoms with Gasteiger partial charge in [0.15, 0.2) is 0 Å². The molecule has 0 saturated carbocycles. The van der Waals surface area contributed by atoms with Crippen molar-refractivity contribution in [3.05, 3.63) is 65.2 Å². The maximum absolute atomic E-state index is 2.58. The van der Waals surface area contributed by atoms with Crippen molar-refractivity contribution >= 4 is 18.1 Å². The van der Waals surface area contributed by atoms with Crippen molar-refractivity contribution < 1.29 is 0 Å². The molecule has 2 heteroatoms.